The van der Waals surface area contributed by atoms with Crippen LogP contribution in [0.5, 0.6) is 0 Å². The zero-order valence-corrected chi connectivity index (χ0v) is 16.3. The maximum atomic E-state index is 12.1. The van der Waals surface area contributed by atoms with E-state index in [9.17, 15) is 9.59 Å². The molecule has 1 aliphatic rings. The number of amides is 1. The molecule has 0 bridgehead atoms. The predicted octanol–water partition coefficient (Wildman–Crippen LogP) is 4.48. The maximum Gasteiger partial charge on any atom is 0.244 e. The minimum atomic E-state index is -0.185. The van der Waals surface area contributed by atoms with E-state index in [0.29, 0.717) is 24.0 Å². The topological polar surface area (TPSA) is 81.4 Å². The number of hydrogen-bond donors (Lipinski definition) is 1. The van der Waals surface area contributed by atoms with E-state index < -0.39 is 0 Å². The molecule has 0 unspecified atom stereocenters. The summed E-state index contributed by atoms with van der Waals surface area (Å²) in [5.74, 6) is 1.39. The number of nitrogens with one attached hydrogen (secondary N) is 1. The Bertz CT molecular complexity index is 591. The molecule has 0 spiro atoms. The Hall–Kier alpha value is -1.69. The summed E-state index contributed by atoms with van der Waals surface area (Å²) >= 11 is 0. The highest BCUT2D eigenvalue weighted by molar-refractivity contribution is 5.93. The zero-order valence-electron chi connectivity index (χ0n) is 16.3. The molecular formula is C20H32N2O4. The van der Waals surface area contributed by atoms with Gasteiger partial charge in [0.25, 0.3) is 0 Å². The highest BCUT2D eigenvalue weighted by Gasteiger charge is 2.24. The number of Topliss-reactive ketones (excluding diaryl/α,β-unsaturated/α-hetero) is 1. The van der Waals surface area contributed by atoms with E-state index in [0.717, 1.165) is 18.8 Å². The Morgan fingerprint density at radius 2 is 2.04 bits per heavy atom. The molecule has 0 saturated heterocycles. The van der Waals surface area contributed by atoms with Crippen molar-refractivity contribution >= 4 is 11.7 Å². The number of ketones is 1. The summed E-state index contributed by atoms with van der Waals surface area (Å²) in [5.41, 5.74) is 2.80. The summed E-state index contributed by atoms with van der Waals surface area (Å²) in [6, 6.07) is 0. The standard InChI is InChI=1S/C20H32N2O4/c1-4-25-22-18(24)13-17(12-8-11-16-9-6-5-7-10-16)20-21-19(14(2)23)15(3)26-20/h16-17H,4-13H2,1-3H3,(H,22,24)/t17-/m1/s1. The van der Waals surface area contributed by atoms with Gasteiger partial charge < -0.3 is 4.42 Å². The lowest BCUT2D eigenvalue weighted by Gasteiger charge is -2.22. The van der Waals surface area contributed by atoms with Crippen molar-refractivity contribution in [2.24, 2.45) is 5.92 Å². The fraction of sp³-hybridized carbons (Fsp3) is 0.750. The molecule has 6 heteroatoms. The molecule has 0 radical (unpaired) electrons. The number of aromatic nitrogens is 1. The molecule has 0 aliphatic heterocycles. The van der Waals surface area contributed by atoms with E-state index in [1.54, 1.807) is 6.92 Å². The van der Waals surface area contributed by atoms with Gasteiger partial charge in [-0.1, -0.05) is 44.9 Å². The number of carbonyl (C=O) groups excluding carboxylic acids is 2. The number of oxazole rings is 1. The quantitative estimate of drug-likeness (QED) is 0.489. The Kier molecular flexibility index (Phi) is 8.29. The molecule has 146 valence electrons. The third-order valence-electron chi connectivity index (χ3n) is 5.15. The van der Waals surface area contributed by atoms with E-state index in [-0.39, 0.29) is 24.0 Å². The second-order valence-electron chi connectivity index (χ2n) is 7.31. The molecule has 6 nitrogen and oxygen atoms in total. The van der Waals surface area contributed by atoms with Crippen molar-refractivity contribution in [3.8, 4) is 0 Å². The van der Waals surface area contributed by atoms with Gasteiger partial charge in [0.15, 0.2) is 11.7 Å². The fourth-order valence-corrected chi connectivity index (χ4v) is 3.78. The first-order valence-electron chi connectivity index (χ1n) is 9.90. The molecule has 1 aliphatic carbocycles. The summed E-state index contributed by atoms with van der Waals surface area (Å²) in [4.78, 5) is 33.1. The molecule has 1 aromatic heterocycles. The summed E-state index contributed by atoms with van der Waals surface area (Å²) in [5, 5.41) is 0. The van der Waals surface area contributed by atoms with Gasteiger partial charge in [0.05, 0.1) is 6.61 Å². The van der Waals surface area contributed by atoms with Crippen LogP contribution in [0.25, 0.3) is 0 Å². The van der Waals surface area contributed by atoms with Gasteiger partial charge in [-0.05, 0) is 26.2 Å². The number of hydroxylamine groups is 1. The summed E-state index contributed by atoms with van der Waals surface area (Å²) in [6.07, 6.45) is 9.98. The Labute approximate surface area is 156 Å². The van der Waals surface area contributed by atoms with E-state index in [4.69, 9.17) is 9.25 Å². The Morgan fingerprint density at radius 1 is 1.31 bits per heavy atom. The highest BCUT2D eigenvalue weighted by Crippen LogP contribution is 2.31. The van der Waals surface area contributed by atoms with Gasteiger partial charge in [-0.2, -0.15) is 0 Å². The van der Waals surface area contributed by atoms with Crippen molar-refractivity contribution in [1.29, 1.82) is 0 Å². The van der Waals surface area contributed by atoms with E-state index in [2.05, 4.69) is 10.5 Å². The molecule has 1 N–H and O–H groups in total. The maximum absolute atomic E-state index is 12.1. The Morgan fingerprint density at radius 3 is 2.65 bits per heavy atom. The molecule has 1 heterocycles. The van der Waals surface area contributed by atoms with Crippen molar-refractivity contribution < 1.29 is 18.8 Å². The lowest BCUT2D eigenvalue weighted by atomic mass is 9.84. The smallest absolute Gasteiger partial charge is 0.244 e. The van der Waals surface area contributed by atoms with Gasteiger partial charge in [-0.25, -0.2) is 10.5 Å². The number of hydrogen-bond acceptors (Lipinski definition) is 5. The van der Waals surface area contributed by atoms with Crippen LogP contribution >= 0.6 is 0 Å². The first-order valence-corrected chi connectivity index (χ1v) is 9.90. The minimum absolute atomic E-state index is 0.114. The van der Waals surface area contributed by atoms with Gasteiger partial charge >= 0.3 is 0 Å². The first-order chi connectivity index (χ1) is 12.5. The predicted molar refractivity (Wildman–Crippen MR) is 98.8 cm³/mol. The molecule has 1 amide bonds. The van der Waals surface area contributed by atoms with Crippen molar-refractivity contribution in [3.05, 3.63) is 17.3 Å². The highest BCUT2D eigenvalue weighted by atomic mass is 16.6. The van der Waals surface area contributed by atoms with Gasteiger partial charge in [0, 0.05) is 19.3 Å². The Balaban J connectivity index is 1.99. The first kappa shape index (κ1) is 20.6. The van der Waals surface area contributed by atoms with Crippen LogP contribution in [0.2, 0.25) is 0 Å². The van der Waals surface area contributed by atoms with E-state index >= 15 is 0 Å². The normalized spacial score (nSPS) is 16.4. The van der Waals surface area contributed by atoms with Crippen LogP contribution < -0.4 is 5.48 Å². The van der Waals surface area contributed by atoms with Crippen LogP contribution in [0.3, 0.4) is 0 Å². The molecule has 0 aromatic carbocycles. The summed E-state index contributed by atoms with van der Waals surface area (Å²) in [7, 11) is 0. The van der Waals surface area contributed by atoms with Crippen LogP contribution in [0.15, 0.2) is 4.42 Å². The van der Waals surface area contributed by atoms with Crippen molar-refractivity contribution in [2.45, 2.75) is 84.5 Å². The lowest BCUT2D eigenvalue weighted by Crippen LogP contribution is -2.25. The number of nitrogens with zero attached hydrogens (tertiary/aromatic N) is 1. The second-order valence-corrected chi connectivity index (χ2v) is 7.31. The number of aryl methyl sites for hydroxylation is 1. The zero-order chi connectivity index (χ0) is 18.9. The van der Waals surface area contributed by atoms with Crippen molar-refractivity contribution in [1.82, 2.24) is 10.5 Å². The molecule has 1 saturated carbocycles. The molecule has 26 heavy (non-hydrogen) atoms. The third-order valence-corrected chi connectivity index (χ3v) is 5.15. The van der Waals surface area contributed by atoms with E-state index in [1.165, 1.54) is 45.4 Å². The third kappa shape index (κ3) is 6.24. The largest absolute Gasteiger partial charge is 0.445 e. The molecule has 1 atom stereocenters. The number of rotatable bonds is 10. The van der Waals surface area contributed by atoms with Crippen molar-refractivity contribution in [2.75, 3.05) is 6.61 Å². The van der Waals surface area contributed by atoms with Gasteiger partial charge in [-0.15, -0.1) is 0 Å². The second kappa shape index (κ2) is 10.5. The summed E-state index contributed by atoms with van der Waals surface area (Å²) in [6.45, 7) is 5.46. The molecule has 1 fully saturated rings. The van der Waals surface area contributed by atoms with Crippen LogP contribution in [-0.4, -0.2) is 23.3 Å². The van der Waals surface area contributed by atoms with Crippen LogP contribution in [0.1, 0.15) is 99.7 Å². The van der Waals surface area contributed by atoms with Crippen LogP contribution in [0, 0.1) is 12.8 Å². The SMILES string of the molecule is CCONC(=O)C[C@@H](CCCC1CCCCC1)c1nc(C(C)=O)c(C)o1. The molecular weight excluding hydrogens is 332 g/mol. The average molecular weight is 364 g/mol. The fourth-order valence-electron chi connectivity index (χ4n) is 3.78. The van der Waals surface area contributed by atoms with Gasteiger partial charge in [0.2, 0.25) is 5.91 Å². The van der Waals surface area contributed by atoms with E-state index in [1.807, 2.05) is 6.92 Å². The lowest BCUT2D eigenvalue weighted by molar-refractivity contribution is -0.133. The van der Waals surface area contributed by atoms with Crippen LogP contribution in [-0.2, 0) is 9.63 Å². The van der Waals surface area contributed by atoms with Gasteiger partial charge in [-0.3, -0.25) is 14.4 Å². The van der Waals surface area contributed by atoms with Crippen molar-refractivity contribution in [3.63, 3.8) is 0 Å². The molecule has 1 aromatic rings. The van der Waals surface area contributed by atoms with Crippen LogP contribution in [0.4, 0.5) is 0 Å². The average Bonchev–Trinajstić information content (AvgIpc) is 3.02. The van der Waals surface area contributed by atoms with Gasteiger partial charge in [0.1, 0.15) is 11.5 Å². The molecule has 2 rings (SSSR count). The number of carbonyl (C=O) groups is 2. The summed E-state index contributed by atoms with van der Waals surface area (Å²) < 4.78 is 5.73. The monoisotopic (exact) mass is 364 g/mol. The minimum Gasteiger partial charge on any atom is -0.445 e.